The molecule has 0 aromatic carbocycles. The number of amides is 1. The highest BCUT2D eigenvalue weighted by Crippen LogP contribution is 2.39. The summed E-state index contributed by atoms with van der Waals surface area (Å²) in [6.45, 7) is 0.429. The molecule has 1 saturated carbocycles. The van der Waals surface area contributed by atoms with Crippen molar-refractivity contribution < 1.29 is 14.7 Å². The third-order valence-corrected chi connectivity index (χ3v) is 6.30. The van der Waals surface area contributed by atoms with Crippen molar-refractivity contribution in [2.75, 3.05) is 6.54 Å². The minimum Gasteiger partial charge on any atom is -0.481 e. The number of carbonyl (C=O) groups is 2. The first kappa shape index (κ1) is 17.0. The van der Waals surface area contributed by atoms with E-state index < -0.39 is 5.97 Å². The van der Waals surface area contributed by atoms with Crippen molar-refractivity contribution in [2.24, 2.45) is 5.41 Å². The molecule has 1 aromatic heterocycles. The Morgan fingerprint density at radius 1 is 1.29 bits per heavy atom. The summed E-state index contributed by atoms with van der Waals surface area (Å²) in [5, 5.41) is 12.1. The van der Waals surface area contributed by atoms with E-state index in [0.29, 0.717) is 12.1 Å². The highest BCUT2D eigenvalue weighted by Gasteiger charge is 2.35. The van der Waals surface area contributed by atoms with Crippen LogP contribution in [0.3, 0.4) is 0 Å². The molecule has 0 bridgehead atoms. The molecule has 116 valence electrons. The summed E-state index contributed by atoms with van der Waals surface area (Å²) in [6, 6.07) is 1.77. The van der Waals surface area contributed by atoms with E-state index in [-0.39, 0.29) is 17.7 Å². The van der Waals surface area contributed by atoms with Crippen LogP contribution in [0.4, 0.5) is 0 Å². The number of aliphatic carboxylic acids is 1. The zero-order valence-electron chi connectivity index (χ0n) is 11.5. The molecule has 21 heavy (non-hydrogen) atoms. The van der Waals surface area contributed by atoms with Crippen LogP contribution in [0.5, 0.6) is 0 Å². The predicted molar refractivity (Wildman–Crippen MR) is 89.8 cm³/mol. The maximum absolute atomic E-state index is 12.2. The zero-order valence-corrected chi connectivity index (χ0v) is 15.4. The van der Waals surface area contributed by atoms with Gasteiger partial charge in [0.05, 0.1) is 19.6 Å². The normalized spacial score (nSPS) is 17.4. The van der Waals surface area contributed by atoms with Gasteiger partial charge in [0, 0.05) is 6.54 Å². The number of carbonyl (C=O) groups excluding carboxylic acids is 1. The predicted octanol–water partition coefficient (Wildman–Crippen LogP) is 4.43. The molecule has 0 spiro atoms. The van der Waals surface area contributed by atoms with Crippen molar-refractivity contribution in [2.45, 2.75) is 38.5 Å². The van der Waals surface area contributed by atoms with E-state index in [1.54, 1.807) is 6.07 Å². The van der Waals surface area contributed by atoms with Gasteiger partial charge in [-0.25, -0.2) is 0 Å². The van der Waals surface area contributed by atoms with Crippen LogP contribution in [-0.4, -0.2) is 23.5 Å². The minimum absolute atomic E-state index is 0.127. The highest BCUT2D eigenvalue weighted by molar-refractivity contribution is 9.12. The topological polar surface area (TPSA) is 66.4 Å². The summed E-state index contributed by atoms with van der Waals surface area (Å²) in [7, 11) is 0. The molecule has 1 aliphatic rings. The molecule has 0 radical (unpaired) electrons. The quantitative estimate of drug-likeness (QED) is 0.714. The lowest BCUT2D eigenvalue weighted by molar-refractivity contribution is -0.140. The van der Waals surface area contributed by atoms with Crippen LogP contribution in [0, 0.1) is 5.41 Å². The standard InChI is InChI=1S/C14H17Br2NO3S/c15-10-6-9(12(16)21-10)13(20)17-8-14(7-11(18)19)4-2-1-3-5-14/h6H,1-5,7-8H2,(H,17,20)(H,18,19). The summed E-state index contributed by atoms with van der Waals surface area (Å²) in [5.74, 6) is -0.940. The lowest BCUT2D eigenvalue weighted by Crippen LogP contribution is -2.40. The Morgan fingerprint density at radius 3 is 2.48 bits per heavy atom. The second kappa shape index (κ2) is 7.24. The Labute approximate surface area is 144 Å². The van der Waals surface area contributed by atoms with Crippen LogP contribution in [0.2, 0.25) is 0 Å². The number of hydrogen-bond donors (Lipinski definition) is 2. The molecule has 4 nitrogen and oxygen atoms in total. The Hall–Kier alpha value is -0.400. The Kier molecular flexibility index (Phi) is 5.85. The monoisotopic (exact) mass is 437 g/mol. The Balaban J connectivity index is 2.02. The lowest BCUT2D eigenvalue weighted by atomic mass is 9.71. The van der Waals surface area contributed by atoms with Gasteiger partial charge in [-0.05, 0) is 56.2 Å². The molecule has 1 heterocycles. The number of carboxylic acid groups (broad SMARTS) is 1. The molecule has 1 aliphatic carbocycles. The molecule has 0 aliphatic heterocycles. The molecule has 1 aromatic rings. The van der Waals surface area contributed by atoms with Gasteiger partial charge in [-0.3, -0.25) is 9.59 Å². The summed E-state index contributed by atoms with van der Waals surface area (Å²) < 4.78 is 1.67. The van der Waals surface area contributed by atoms with Crippen LogP contribution >= 0.6 is 43.2 Å². The Bertz CT molecular complexity index is 538. The van der Waals surface area contributed by atoms with E-state index in [2.05, 4.69) is 37.2 Å². The van der Waals surface area contributed by atoms with E-state index in [4.69, 9.17) is 5.11 Å². The average molecular weight is 439 g/mol. The summed E-state index contributed by atoms with van der Waals surface area (Å²) in [6.07, 6.45) is 5.09. The summed E-state index contributed by atoms with van der Waals surface area (Å²) in [4.78, 5) is 23.4. The van der Waals surface area contributed by atoms with Gasteiger partial charge in [0.15, 0.2) is 0 Å². The molecule has 2 N–H and O–H groups in total. The first-order valence-corrected chi connectivity index (χ1v) is 9.27. The fraction of sp³-hybridized carbons (Fsp3) is 0.571. The van der Waals surface area contributed by atoms with Gasteiger partial charge < -0.3 is 10.4 Å². The number of carboxylic acids is 1. The van der Waals surface area contributed by atoms with E-state index in [0.717, 1.165) is 39.7 Å². The SMILES string of the molecule is O=C(O)CC1(CNC(=O)c2cc(Br)sc2Br)CCCCC1. The smallest absolute Gasteiger partial charge is 0.303 e. The third kappa shape index (κ3) is 4.53. The van der Waals surface area contributed by atoms with Crippen LogP contribution < -0.4 is 5.32 Å². The fourth-order valence-electron chi connectivity index (χ4n) is 2.90. The number of halogens is 2. The molecule has 0 saturated heterocycles. The number of thiophene rings is 1. The average Bonchev–Trinajstić information content (AvgIpc) is 2.75. The van der Waals surface area contributed by atoms with Crippen molar-refractivity contribution in [3.63, 3.8) is 0 Å². The summed E-state index contributed by atoms with van der Waals surface area (Å²) >= 11 is 8.17. The Morgan fingerprint density at radius 2 is 1.95 bits per heavy atom. The zero-order chi connectivity index (χ0) is 15.5. The van der Waals surface area contributed by atoms with Gasteiger partial charge in [0.1, 0.15) is 0 Å². The maximum Gasteiger partial charge on any atom is 0.303 e. The third-order valence-electron chi connectivity index (χ3n) is 3.97. The van der Waals surface area contributed by atoms with Crippen LogP contribution in [-0.2, 0) is 4.79 Å². The second-order valence-electron chi connectivity index (χ2n) is 5.55. The number of rotatable bonds is 5. The van der Waals surface area contributed by atoms with E-state index >= 15 is 0 Å². The largest absolute Gasteiger partial charge is 0.481 e. The molecular weight excluding hydrogens is 422 g/mol. The van der Waals surface area contributed by atoms with Crippen molar-refractivity contribution in [1.82, 2.24) is 5.32 Å². The molecule has 2 rings (SSSR count). The fourth-order valence-corrected chi connectivity index (χ4v) is 5.69. The maximum atomic E-state index is 12.2. The van der Waals surface area contributed by atoms with Gasteiger partial charge in [-0.2, -0.15) is 0 Å². The first-order valence-electron chi connectivity index (χ1n) is 6.87. The van der Waals surface area contributed by atoms with Crippen molar-refractivity contribution in [1.29, 1.82) is 0 Å². The van der Waals surface area contributed by atoms with E-state index in [1.165, 1.54) is 11.3 Å². The van der Waals surface area contributed by atoms with E-state index in [9.17, 15) is 9.59 Å². The number of hydrogen-bond acceptors (Lipinski definition) is 3. The van der Waals surface area contributed by atoms with Gasteiger partial charge >= 0.3 is 5.97 Å². The van der Waals surface area contributed by atoms with Gasteiger partial charge in [0.25, 0.3) is 5.91 Å². The summed E-state index contributed by atoms with van der Waals surface area (Å²) in [5.41, 5.74) is 0.299. The number of nitrogens with one attached hydrogen (secondary N) is 1. The molecule has 1 fully saturated rings. The minimum atomic E-state index is -0.786. The van der Waals surface area contributed by atoms with Crippen molar-refractivity contribution in [3.8, 4) is 0 Å². The van der Waals surface area contributed by atoms with Crippen molar-refractivity contribution in [3.05, 3.63) is 19.2 Å². The molecule has 0 unspecified atom stereocenters. The van der Waals surface area contributed by atoms with Gasteiger partial charge in [-0.15, -0.1) is 11.3 Å². The van der Waals surface area contributed by atoms with Gasteiger partial charge in [-0.1, -0.05) is 19.3 Å². The highest BCUT2D eigenvalue weighted by atomic mass is 79.9. The molecular formula is C14H17Br2NO3S. The molecule has 7 heteroatoms. The first-order chi connectivity index (χ1) is 9.92. The van der Waals surface area contributed by atoms with Crippen LogP contribution in [0.15, 0.2) is 13.6 Å². The van der Waals surface area contributed by atoms with Crippen LogP contribution in [0.25, 0.3) is 0 Å². The van der Waals surface area contributed by atoms with Crippen molar-refractivity contribution >= 4 is 55.1 Å². The lowest BCUT2D eigenvalue weighted by Gasteiger charge is -2.36. The second-order valence-corrected chi connectivity index (χ2v) is 9.30. The van der Waals surface area contributed by atoms with Crippen LogP contribution in [0.1, 0.15) is 48.9 Å². The molecule has 0 atom stereocenters. The molecule has 1 amide bonds. The van der Waals surface area contributed by atoms with Gasteiger partial charge in [0.2, 0.25) is 0 Å². The van der Waals surface area contributed by atoms with E-state index in [1.807, 2.05) is 0 Å².